The first kappa shape index (κ1) is 9.71. The lowest BCUT2D eigenvalue weighted by atomic mass is 10.2. The summed E-state index contributed by atoms with van der Waals surface area (Å²) in [7, 11) is 1.51. The second-order valence-electron chi connectivity index (χ2n) is 3.29. The summed E-state index contributed by atoms with van der Waals surface area (Å²) in [6.07, 6.45) is 1.70. The van der Waals surface area contributed by atoms with Crippen LogP contribution in [-0.4, -0.2) is 17.1 Å². The van der Waals surface area contributed by atoms with E-state index in [1.165, 1.54) is 19.2 Å². The van der Waals surface area contributed by atoms with Crippen LogP contribution in [0.3, 0.4) is 0 Å². The van der Waals surface area contributed by atoms with Crippen LogP contribution in [0.25, 0.3) is 11.4 Å². The lowest BCUT2D eigenvalue weighted by Gasteiger charge is -2.02. The molecule has 2 aromatic rings. The SMILES string of the molecule is COc1cc(F)cc(-c2ncc(C)[nH]2)c1. The van der Waals surface area contributed by atoms with Gasteiger partial charge in [0.15, 0.2) is 0 Å². The molecule has 0 aliphatic carbocycles. The third-order valence-electron chi connectivity index (χ3n) is 2.08. The quantitative estimate of drug-likeness (QED) is 0.819. The van der Waals surface area contributed by atoms with Crippen molar-refractivity contribution in [3.05, 3.63) is 35.9 Å². The van der Waals surface area contributed by atoms with Gasteiger partial charge < -0.3 is 9.72 Å². The normalized spacial score (nSPS) is 10.3. The fourth-order valence-electron chi connectivity index (χ4n) is 1.38. The van der Waals surface area contributed by atoms with Crippen molar-refractivity contribution in [2.75, 3.05) is 7.11 Å². The molecule has 0 aliphatic rings. The molecule has 0 aliphatic heterocycles. The molecule has 0 spiro atoms. The van der Waals surface area contributed by atoms with Crippen molar-refractivity contribution in [2.45, 2.75) is 6.92 Å². The van der Waals surface area contributed by atoms with E-state index in [0.29, 0.717) is 17.1 Å². The molecule has 15 heavy (non-hydrogen) atoms. The zero-order valence-electron chi connectivity index (χ0n) is 8.54. The highest BCUT2D eigenvalue weighted by Gasteiger charge is 2.05. The Bertz CT molecular complexity index is 479. The molecular weight excluding hydrogens is 195 g/mol. The summed E-state index contributed by atoms with van der Waals surface area (Å²) in [4.78, 5) is 7.16. The maximum atomic E-state index is 13.2. The number of benzene rings is 1. The number of hydrogen-bond acceptors (Lipinski definition) is 2. The minimum atomic E-state index is -0.335. The largest absolute Gasteiger partial charge is 0.497 e. The van der Waals surface area contributed by atoms with Crippen LogP contribution in [-0.2, 0) is 0 Å². The van der Waals surface area contributed by atoms with Gasteiger partial charge >= 0.3 is 0 Å². The first-order valence-electron chi connectivity index (χ1n) is 4.55. The Kier molecular flexibility index (Phi) is 2.41. The summed E-state index contributed by atoms with van der Waals surface area (Å²) in [6, 6.07) is 4.49. The van der Waals surface area contributed by atoms with E-state index < -0.39 is 0 Å². The van der Waals surface area contributed by atoms with E-state index >= 15 is 0 Å². The summed E-state index contributed by atoms with van der Waals surface area (Å²) < 4.78 is 18.2. The second kappa shape index (κ2) is 3.73. The molecule has 1 heterocycles. The molecule has 3 nitrogen and oxygen atoms in total. The minimum Gasteiger partial charge on any atom is -0.497 e. The van der Waals surface area contributed by atoms with Gasteiger partial charge in [0.2, 0.25) is 0 Å². The van der Waals surface area contributed by atoms with Crippen LogP contribution < -0.4 is 4.74 Å². The van der Waals surface area contributed by atoms with Crippen molar-refractivity contribution in [3.8, 4) is 17.1 Å². The number of ether oxygens (including phenoxy) is 1. The van der Waals surface area contributed by atoms with Crippen molar-refractivity contribution in [1.29, 1.82) is 0 Å². The number of aromatic nitrogens is 2. The first-order valence-corrected chi connectivity index (χ1v) is 4.55. The Hall–Kier alpha value is -1.84. The number of rotatable bonds is 2. The summed E-state index contributed by atoms with van der Waals surface area (Å²) >= 11 is 0. The number of methoxy groups -OCH3 is 1. The van der Waals surface area contributed by atoms with E-state index in [-0.39, 0.29) is 5.82 Å². The maximum Gasteiger partial charge on any atom is 0.137 e. The zero-order chi connectivity index (χ0) is 10.8. The van der Waals surface area contributed by atoms with Gasteiger partial charge in [0.1, 0.15) is 17.4 Å². The molecule has 0 radical (unpaired) electrons. The average Bonchev–Trinajstić information content (AvgIpc) is 2.64. The van der Waals surface area contributed by atoms with Crippen LogP contribution in [0.2, 0.25) is 0 Å². The van der Waals surface area contributed by atoms with Crippen LogP contribution in [0.5, 0.6) is 5.75 Å². The van der Waals surface area contributed by atoms with E-state index in [1.807, 2.05) is 6.92 Å². The molecule has 0 atom stereocenters. The van der Waals surface area contributed by atoms with Crippen molar-refractivity contribution in [2.24, 2.45) is 0 Å². The second-order valence-corrected chi connectivity index (χ2v) is 3.29. The molecule has 0 amide bonds. The molecule has 0 bridgehead atoms. The summed E-state index contributed by atoms with van der Waals surface area (Å²) in [5.74, 6) is 0.794. The first-order chi connectivity index (χ1) is 7.19. The van der Waals surface area contributed by atoms with E-state index in [0.717, 1.165) is 5.69 Å². The van der Waals surface area contributed by atoms with Crippen LogP contribution in [0, 0.1) is 12.7 Å². The Labute approximate surface area is 86.9 Å². The molecule has 1 aromatic heterocycles. The van der Waals surface area contributed by atoms with Gasteiger partial charge in [-0.15, -0.1) is 0 Å². The van der Waals surface area contributed by atoms with Gasteiger partial charge in [-0.25, -0.2) is 9.37 Å². The van der Waals surface area contributed by atoms with Crippen LogP contribution in [0.1, 0.15) is 5.69 Å². The number of hydrogen-bond donors (Lipinski definition) is 1. The lowest BCUT2D eigenvalue weighted by molar-refractivity contribution is 0.411. The number of aromatic amines is 1. The summed E-state index contributed by atoms with van der Waals surface area (Å²) in [6.45, 7) is 1.90. The van der Waals surface area contributed by atoms with Crippen molar-refractivity contribution in [1.82, 2.24) is 9.97 Å². The summed E-state index contributed by atoms with van der Waals surface area (Å²) in [5, 5.41) is 0. The standard InChI is InChI=1S/C11H11FN2O/c1-7-6-13-11(14-7)8-3-9(12)5-10(4-8)15-2/h3-6H,1-2H3,(H,13,14). The molecule has 2 rings (SSSR count). The van der Waals surface area contributed by atoms with Crippen molar-refractivity contribution >= 4 is 0 Å². The number of nitrogens with one attached hydrogen (secondary N) is 1. The monoisotopic (exact) mass is 206 g/mol. The number of halogens is 1. The highest BCUT2D eigenvalue weighted by Crippen LogP contribution is 2.23. The Morgan fingerprint density at radius 2 is 2.13 bits per heavy atom. The van der Waals surface area contributed by atoms with Crippen LogP contribution >= 0.6 is 0 Å². The van der Waals surface area contributed by atoms with Crippen LogP contribution in [0.15, 0.2) is 24.4 Å². The minimum absolute atomic E-state index is 0.335. The van der Waals surface area contributed by atoms with Crippen LogP contribution in [0.4, 0.5) is 4.39 Å². The molecule has 1 N–H and O–H groups in total. The van der Waals surface area contributed by atoms with E-state index in [4.69, 9.17) is 4.74 Å². The van der Waals surface area contributed by atoms with Gasteiger partial charge in [-0.05, 0) is 19.1 Å². The zero-order valence-corrected chi connectivity index (χ0v) is 8.54. The van der Waals surface area contributed by atoms with Gasteiger partial charge in [-0.2, -0.15) is 0 Å². The van der Waals surface area contributed by atoms with Crippen molar-refractivity contribution < 1.29 is 9.13 Å². The predicted octanol–water partition coefficient (Wildman–Crippen LogP) is 2.53. The maximum absolute atomic E-state index is 13.2. The van der Waals surface area contributed by atoms with Gasteiger partial charge in [0.05, 0.1) is 7.11 Å². The topological polar surface area (TPSA) is 37.9 Å². The Balaban J connectivity index is 2.48. The number of H-pyrrole nitrogens is 1. The molecule has 0 saturated heterocycles. The molecule has 4 heteroatoms. The number of nitrogens with zero attached hydrogens (tertiary/aromatic N) is 1. The smallest absolute Gasteiger partial charge is 0.137 e. The molecule has 78 valence electrons. The Morgan fingerprint density at radius 1 is 1.33 bits per heavy atom. The molecule has 1 aromatic carbocycles. The number of imidazole rings is 1. The van der Waals surface area contributed by atoms with Gasteiger partial charge in [-0.3, -0.25) is 0 Å². The fraction of sp³-hybridized carbons (Fsp3) is 0.182. The highest BCUT2D eigenvalue weighted by molar-refractivity contribution is 5.58. The molecule has 0 unspecified atom stereocenters. The van der Waals surface area contributed by atoms with Crippen molar-refractivity contribution in [3.63, 3.8) is 0 Å². The molecule has 0 saturated carbocycles. The van der Waals surface area contributed by atoms with E-state index in [1.54, 1.807) is 12.3 Å². The van der Waals surface area contributed by atoms with E-state index in [9.17, 15) is 4.39 Å². The average molecular weight is 206 g/mol. The highest BCUT2D eigenvalue weighted by atomic mass is 19.1. The summed E-state index contributed by atoms with van der Waals surface area (Å²) in [5.41, 5.74) is 1.62. The van der Waals surface area contributed by atoms with Gasteiger partial charge in [-0.1, -0.05) is 0 Å². The fourth-order valence-corrected chi connectivity index (χ4v) is 1.38. The lowest BCUT2D eigenvalue weighted by Crippen LogP contribution is -1.88. The third kappa shape index (κ3) is 1.98. The van der Waals surface area contributed by atoms with E-state index in [2.05, 4.69) is 9.97 Å². The molecule has 0 fully saturated rings. The van der Waals surface area contributed by atoms with Gasteiger partial charge in [0.25, 0.3) is 0 Å². The third-order valence-corrected chi connectivity index (χ3v) is 2.08. The predicted molar refractivity (Wildman–Crippen MR) is 55.3 cm³/mol. The van der Waals surface area contributed by atoms with Gasteiger partial charge in [0, 0.05) is 23.5 Å². The molecular formula is C11H11FN2O. The Morgan fingerprint density at radius 3 is 2.73 bits per heavy atom. The number of aryl methyl sites for hydroxylation is 1.